The lowest BCUT2D eigenvalue weighted by atomic mass is 9.91. The Morgan fingerprint density at radius 2 is 1.70 bits per heavy atom. The molecular weight excluding hydrogens is 316 g/mol. The molecule has 9 heteroatoms. The molecule has 4 nitrogen and oxygen atoms in total. The molecule has 2 aromatic rings. The Hall–Kier alpha value is -1.34. The fourth-order valence-corrected chi connectivity index (χ4v) is 2.16. The minimum Gasteiger partial charge on any atom is -0.316 e. The maximum absolute atomic E-state index is 14.7. The molecule has 0 aromatic carbocycles. The van der Waals surface area contributed by atoms with Crippen molar-refractivity contribution in [1.29, 1.82) is 0 Å². The quantitative estimate of drug-likeness (QED) is 0.812. The van der Waals surface area contributed by atoms with Crippen LogP contribution in [0.4, 0.5) is 13.2 Å². The van der Waals surface area contributed by atoms with Crippen LogP contribution in [0.1, 0.15) is 18.3 Å². The van der Waals surface area contributed by atoms with Gasteiger partial charge in [0.1, 0.15) is 16.6 Å². The summed E-state index contributed by atoms with van der Waals surface area (Å²) in [6, 6.07) is 2.00. The van der Waals surface area contributed by atoms with Gasteiger partial charge in [0, 0.05) is 12.6 Å². The molecule has 1 atom stereocenters. The molecule has 0 N–H and O–H groups in total. The van der Waals surface area contributed by atoms with Crippen molar-refractivity contribution < 1.29 is 13.2 Å². The third-order valence-corrected chi connectivity index (χ3v) is 3.27. The second-order valence-electron chi connectivity index (χ2n) is 4.34. The van der Waals surface area contributed by atoms with Crippen LogP contribution >= 0.6 is 23.2 Å². The predicted molar refractivity (Wildman–Crippen MR) is 67.6 cm³/mol. The molecule has 2 heterocycles. The number of rotatable bonds is 3. The van der Waals surface area contributed by atoms with E-state index in [-0.39, 0.29) is 10.3 Å². The van der Waals surface area contributed by atoms with E-state index in [0.29, 0.717) is 0 Å². The Bertz CT molecular complexity index is 622. The molecular formula is C11H9Cl2F3N4. The third-order valence-electron chi connectivity index (χ3n) is 2.89. The lowest BCUT2D eigenvalue weighted by Gasteiger charge is -2.29. The number of aromatic nitrogens is 4. The zero-order chi connectivity index (χ0) is 15.1. The van der Waals surface area contributed by atoms with Gasteiger partial charge >= 0.3 is 5.92 Å². The molecule has 0 amide bonds. The monoisotopic (exact) mass is 324 g/mol. The minimum absolute atomic E-state index is 0.176. The van der Waals surface area contributed by atoms with E-state index >= 15 is 0 Å². The van der Waals surface area contributed by atoms with Gasteiger partial charge in [-0.25, -0.2) is 9.37 Å². The molecule has 108 valence electrons. The van der Waals surface area contributed by atoms with Crippen LogP contribution < -0.4 is 0 Å². The van der Waals surface area contributed by atoms with Crippen molar-refractivity contribution in [3.05, 3.63) is 40.2 Å². The fraction of sp³-hybridized carbons (Fsp3) is 0.364. The maximum Gasteiger partial charge on any atom is 0.343 e. The van der Waals surface area contributed by atoms with Gasteiger partial charge in [-0.05, 0) is 19.1 Å². The van der Waals surface area contributed by atoms with Gasteiger partial charge in [-0.3, -0.25) is 0 Å². The Morgan fingerprint density at radius 3 is 2.15 bits per heavy atom. The molecule has 0 aliphatic carbocycles. The molecule has 0 aliphatic rings. The minimum atomic E-state index is -3.92. The molecule has 0 aliphatic heterocycles. The highest BCUT2D eigenvalue weighted by atomic mass is 35.5. The van der Waals surface area contributed by atoms with Crippen LogP contribution in [0.15, 0.2) is 18.5 Å². The zero-order valence-electron chi connectivity index (χ0n) is 10.4. The molecule has 0 bridgehead atoms. The summed E-state index contributed by atoms with van der Waals surface area (Å²) in [6.45, 7) is 0.726. The average molecular weight is 325 g/mol. The van der Waals surface area contributed by atoms with E-state index in [9.17, 15) is 13.2 Å². The summed E-state index contributed by atoms with van der Waals surface area (Å²) in [6.07, 6.45) is 1.06. The smallest absolute Gasteiger partial charge is 0.316 e. The van der Waals surface area contributed by atoms with Gasteiger partial charge in [-0.15, -0.1) is 10.2 Å². The van der Waals surface area contributed by atoms with E-state index in [2.05, 4.69) is 15.2 Å². The first-order chi connectivity index (χ1) is 9.16. The number of hydrogen-bond donors (Lipinski definition) is 0. The van der Waals surface area contributed by atoms with Crippen molar-refractivity contribution in [2.24, 2.45) is 7.05 Å². The first-order valence-electron chi connectivity index (χ1n) is 5.41. The number of alkyl halides is 3. The Balaban J connectivity index is 2.56. The Kier molecular flexibility index (Phi) is 3.68. The van der Waals surface area contributed by atoms with Crippen LogP contribution in [0, 0.1) is 0 Å². The van der Waals surface area contributed by atoms with E-state index in [1.54, 1.807) is 0 Å². The third kappa shape index (κ3) is 2.35. The van der Waals surface area contributed by atoms with Crippen LogP contribution in [-0.4, -0.2) is 19.7 Å². The number of aryl methyl sites for hydroxylation is 1. The molecule has 0 fully saturated rings. The summed E-state index contributed by atoms with van der Waals surface area (Å²) in [7, 11) is 1.30. The summed E-state index contributed by atoms with van der Waals surface area (Å²) in [5, 5.41) is 6.25. The van der Waals surface area contributed by atoms with Crippen LogP contribution in [0.5, 0.6) is 0 Å². The van der Waals surface area contributed by atoms with Gasteiger partial charge in [0.25, 0.3) is 0 Å². The molecule has 0 spiro atoms. The summed E-state index contributed by atoms with van der Waals surface area (Å²) in [5.74, 6) is -4.72. The van der Waals surface area contributed by atoms with Gasteiger partial charge in [0.15, 0.2) is 0 Å². The predicted octanol–water partition coefficient (Wildman–Crippen LogP) is 3.49. The van der Waals surface area contributed by atoms with E-state index in [1.165, 1.54) is 7.05 Å². The number of nitrogens with zero attached hydrogens (tertiary/aromatic N) is 4. The van der Waals surface area contributed by atoms with Crippen molar-refractivity contribution >= 4 is 23.2 Å². The first-order valence-corrected chi connectivity index (χ1v) is 6.16. The van der Waals surface area contributed by atoms with Crippen molar-refractivity contribution in [2.45, 2.75) is 18.5 Å². The Labute approximate surface area is 122 Å². The number of hydrogen-bond acceptors (Lipinski definition) is 3. The van der Waals surface area contributed by atoms with E-state index in [4.69, 9.17) is 23.2 Å². The highest BCUT2D eigenvalue weighted by Gasteiger charge is 2.57. The summed E-state index contributed by atoms with van der Waals surface area (Å²) in [5.41, 5.74) is -3.47. The van der Waals surface area contributed by atoms with Crippen molar-refractivity contribution in [1.82, 2.24) is 19.7 Å². The zero-order valence-corrected chi connectivity index (χ0v) is 11.9. The Morgan fingerprint density at radius 1 is 1.15 bits per heavy atom. The van der Waals surface area contributed by atoms with Gasteiger partial charge in [-0.2, -0.15) is 8.78 Å². The highest BCUT2D eigenvalue weighted by Crippen LogP contribution is 2.47. The van der Waals surface area contributed by atoms with Crippen LogP contribution in [-0.2, 0) is 18.6 Å². The van der Waals surface area contributed by atoms with Crippen LogP contribution in [0.2, 0.25) is 10.3 Å². The van der Waals surface area contributed by atoms with Crippen LogP contribution in [0.3, 0.4) is 0 Å². The molecule has 20 heavy (non-hydrogen) atoms. The van der Waals surface area contributed by atoms with Crippen molar-refractivity contribution in [2.75, 3.05) is 0 Å². The normalized spacial score (nSPS) is 15.2. The van der Waals surface area contributed by atoms with Gasteiger partial charge < -0.3 is 4.57 Å². The molecule has 0 saturated heterocycles. The second kappa shape index (κ2) is 4.89. The number of halogens is 5. The summed E-state index contributed by atoms with van der Waals surface area (Å²) in [4.78, 5) is 3.60. The second-order valence-corrected chi connectivity index (χ2v) is 5.12. The van der Waals surface area contributed by atoms with Gasteiger partial charge in [0.05, 0.1) is 0 Å². The van der Waals surface area contributed by atoms with E-state index in [0.717, 1.165) is 30.0 Å². The van der Waals surface area contributed by atoms with Gasteiger partial charge in [0.2, 0.25) is 11.5 Å². The molecule has 0 radical (unpaired) electrons. The largest absolute Gasteiger partial charge is 0.343 e. The van der Waals surface area contributed by atoms with Gasteiger partial charge in [-0.1, -0.05) is 23.2 Å². The lowest BCUT2D eigenvalue weighted by molar-refractivity contribution is -0.149. The maximum atomic E-state index is 14.7. The molecule has 0 saturated carbocycles. The highest BCUT2D eigenvalue weighted by molar-refractivity contribution is 6.32. The SMILES string of the molecule is Cn1cnnc1C(F)(F)[C@](C)(F)c1cc(Cl)nc(Cl)c1. The summed E-state index contributed by atoms with van der Waals surface area (Å²) < 4.78 is 44.4. The van der Waals surface area contributed by atoms with E-state index in [1.807, 2.05) is 0 Å². The average Bonchev–Trinajstić information content (AvgIpc) is 2.74. The molecule has 2 aromatic heterocycles. The molecule has 0 unspecified atom stereocenters. The topological polar surface area (TPSA) is 43.6 Å². The van der Waals surface area contributed by atoms with Crippen LogP contribution in [0.25, 0.3) is 0 Å². The van der Waals surface area contributed by atoms with Crippen molar-refractivity contribution in [3.63, 3.8) is 0 Å². The molecule has 2 rings (SSSR count). The lowest BCUT2D eigenvalue weighted by Crippen LogP contribution is -2.39. The fourth-order valence-electron chi connectivity index (χ4n) is 1.69. The summed E-state index contributed by atoms with van der Waals surface area (Å²) >= 11 is 11.2. The van der Waals surface area contributed by atoms with E-state index < -0.39 is 23.0 Å². The van der Waals surface area contributed by atoms with Crippen molar-refractivity contribution in [3.8, 4) is 0 Å². The first kappa shape index (κ1) is 15.1. The number of pyridine rings is 1. The standard InChI is InChI=1S/C11H9Cl2F3N4/c1-10(14,6-3-7(12)18-8(13)4-6)11(15,16)9-19-17-5-20(9)2/h3-5H,1-2H3/t10-/m1/s1.